The van der Waals surface area contributed by atoms with Crippen LogP contribution in [-0.2, 0) is 0 Å². The molecule has 0 radical (unpaired) electrons. The molecule has 4 nitrogen and oxygen atoms in total. The predicted molar refractivity (Wildman–Crippen MR) is 53.2 cm³/mol. The zero-order valence-corrected chi connectivity index (χ0v) is 8.60. The Morgan fingerprint density at radius 2 is 2.38 bits per heavy atom. The maximum Gasteiger partial charge on any atom is 0.217 e. The van der Waals surface area contributed by atoms with Gasteiger partial charge >= 0.3 is 0 Å². The van der Waals surface area contributed by atoms with Gasteiger partial charge in [0.15, 0.2) is 0 Å². The lowest BCUT2D eigenvalue weighted by molar-refractivity contribution is 0.304. The van der Waals surface area contributed by atoms with Crippen molar-refractivity contribution in [2.45, 2.75) is 5.03 Å². The summed E-state index contributed by atoms with van der Waals surface area (Å²) >= 11 is 1.58. The Kier molecular flexibility index (Phi) is 4.56. The van der Waals surface area contributed by atoms with Crippen molar-refractivity contribution < 1.29 is 4.74 Å². The second kappa shape index (κ2) is 5.77. The number of ether oxygens (including phenoxy) is 1. The first kappa shape index (κ1) is 10.3. The van der Waals surface area contributed by atoms with Gasteiger partial charge in [0.05, 0.1) is 0 Å². The molecule has 72 valence electrons. The number of hydrogen-bond acceptors (Lipinski definition) is 5. The monoisotopic (exact) mass is 199 g/mol. The van der Waals surface area contributed by atoms with Crippen molar-refractivity contribution in [1.82, 2.24) is 15.3 Å². The maximum absolute atomic E-state index is 5.36. The molecular weight excluding hydrogens is 186 g/mol. The van der Waals surface area contributed by atoms with E-state index in [1.165, 1.54) is 6.33 Å². The Bertz CT molecular complexity index is 257. The molecule has 0 aliphatic heterocycles. The van der Waals surface area contributed by atoms with Crippen molar-refractivity contribution in [2.75, 3.05) is 26.5 Å². The van der Waals surface area contributed by atoms with E-state index in [0.717, 1.165) is 11.6 Å². The lowest BCUT2D eigenvalue weighted by Gasteiger charge is -2.04. The van der Waals surface area contributed by atoms with Crippen LogP contribution in [0.15, 0.2) is 17.4 Å². The minimum absolute atomic E-state index is 0.626. The summed E-state index contributed by atoms with van der Waals surface area (Å²) < 4.78 is 5.36. The third-order valence-electron chi connectivity index (χ3n) is 1.43. The molecule has 0 saturated heterocycles. The molecule has 0 aliphatic rings. The number of nitrogens with zero attached hydrogens (tertiary/aromatic N) is 2. The van der Waals surface area contributed by atoms with Crippen LogP contribution in [0.2, 0.25) is 0 Å². The average Bonchev–Trinajstić information content (AvgIpc) is 2.19. The molecule has 0 fully saturated rings. The number of aromatic nitrogens is 2. The van der Waals surface area contributed by atoms with E-state index in [0.29, 0.717) is 12.5 Å². The van der Waals surface area contributed by atoms with Crippen LogP contribution in [0.4, 0.5) is 0 Å². The number of thioether (sulfide) groups is 1. The molecule has 1 N–H and O–H groups in total. The lowest BCUT2D eigenvalue weighted by Crippen LogP contribution is -2.16. The summed E-state index contributed by atoms with van der Waals surface area (Å²) in [5, 5.41) is 3.92. The second-order valence-corrected chi connectivity index (χ2v) is 3.18. The van der Waals surface area contributed by atoms with Crippen LogP contribution < -0.4 is 10.1 Å². The van der Waals surface area contributed by atoms with Gasteiger partial charge in [-0.15, -0.1) is 11.8 Å². The normalized spacial score (nSPS) is 10.0. The third kappa shape index (κ3) is 3.61. The van der Waals surface area contributed by atoms with Crippen LogP contribution >= 0.6 is 11.8 Å². The first-order chi connectivity index (χ1) is 6.36. The molecule has 0 amide bonds. The van der Waals surface area contributed by atoms with Crippen molar-refractivity contribution in [3.8, 4) is 5.88 Å². The Balaban J connectivity index is 2.46. The fourth-order valence-corrected chi connectivity index (χ4v) is 1.14. The quantitative estimate of drug-likeness (QED) is 0.432. The molecule has 0 atom stereocenters. The fourth-order valence-electron chi connectivity index (χ4n) is 0.771. The molecule has 1 heterocycles. The number of hydrogen-bond donors (Lipinski definition) is 1. The SMILES string of the molecule is CNCCOc1cc(SC)ncn1. The van der Waals surface area contributed by atoms with Crippen molar-refractivity contribution in [3.05, 3.63) is 12.4 Å². The van der Waals surface area contributed by atoms with Gasteiger partial charge in [0, 0.05) is 12.6 Å². The van der Waals surface area contributed by atoms with Gasteiger partial charge in [-0.2, -0.15) is 0 Å². The third-order valence-corrected chi connectivity index (χ3v) is 2.07. The maximum atomic E-state index is 5.36. The summed E-state index contributed by atoms with van der Waals surface area (Å²) in [7, 11) is 1.89. The van der Waals surface area contributed by atoms with Crippen molar-refractivity contribution in [2.24, 2.45) is 0 Å². The van der Waals surface area contributed by atoms with Crippen LogP contribution in [0, 0.1) is 0 Å². The fraction of sp³-hybridized carbons (Fsp3) is 0.500. The summed E-state index contributed by atoms with van der Waals surface area (Å²) in [5.41, 5.74) is 0. The largest absolute Gasteiger partial charge is 0.476 e. The molecule has 13 heavy (non-hydrogen) atoms. The highest BCUT2D eigenvalue weighted by molar-refractivity contribution is 7.98. The van der Waals surface area contributed by atoms with Crippen molar-refractivity contribution >= 4 is 11.8 Å². The first-order valence-electron chi connectivity index (χ1n) is 4.00. The molecule has 5 heteroatoms. The van der Waals surface area contributed by atoms with Gasteiger partial charge in [0.1, 0.15) is 18.0 Å². The Labute approximate surface area is 82.1 Å². The van der Waals surface area contributed by atoms with E-state index in [9.17, 15) is 0 Å². The van der Waals surface area contributed by atoms with Crippen LogP contribution in [0.25, 0.3) is 0 Å². The minimum Gasteiger partial charge on any atom is -0.476 e. The molecule has 0 unspecified atom stereocenters. The van der Waals surface area contributed by atoms with Crippen molar-refractivity contribution in [1.29, 1.82) is 0 Å². The zero-order chi connectivity index (χ0) is 9.52. The second-order valence-electron chi connectivity index (χ2n) is 2.35. The average molecular weight is 199 g/mol. The zero-order valence-electron chi connectivity index (χ0n) is 7.78. The molecular formula is C8H13N3OS. The Morgan fingerprint density at radius 3 is 3.08 bits per heavy atom. The highest BCUT2D eigenvalue weighted by Gasteiger charge is 1.97. The van der Waals surface area contributed by atoms with Crippen LogP contribution in [0.5, 0.6) is 5.88 Å². The number of rotatable bonds is 5. The molecule has 1 aromatic rings. The molecule has 0 bridgehead atoms. The van der Waals surface area contributed by atoms with Gasteiger partial charge in [-0.1, -0.05) is 0 Å². The number of nitrogens with one attached hydrogen (secondary N) is 1. The van der Waals surface area contributed by atoms with Gasteiger partial charge in [0.25, 0.3) is 0 Å². The molecule has 1 rings (SSSR count). The Morgan fingerprint density at radius 1 is 1.54 bits per heavy atom. The summed E-state index contributed by atoms with van der Waals surface area (Å²) in [4.78, 5) is 8.03. The summed E-state index contributed by atoms with van der Waals surface area (Å²) in [6.07, 6.45) is 3.49. The molecule has 1 aromatic heterocycles. The smallest absolute Gasteiger partial charge is 0.217 e. The van der Waals surface area contributed by atoms with Gasteiger partial charge < -0.3 is 10.1 Å². The Hall–Kier alpha value is -0.810. The van der Waals surface area contributed by atoms with E-state index in [-0.39, 0.29) is 0 Å². The predicted octanol–water partition coefficient (Wildman–Crippen LogP) is 0.797. The number of likely N-dealkylation sites (N-methyl/N-ethyl adjacent to an activating group) is 1. The van der Waals surface area contributed by atoms with Crippen LogP contribution in [0.1, 0.15) is 0 Å². The van der Waals surface area contributed by atoms with E-state index in [2.05, 4.69) is 15.3 Å². The molecule has 0 spiro atoms. The summed E-state index contributed by atoms with van der Waals surface area (Å²) in [6.45, 7) is 1.44. The van der Waals surface area contributed by atoms with Gasteiger partial charge in [0.2, 0.25) is 5.88 Å². The topological polar surface area (TPSA) is 47.0 Å². The van der Waals surface area contributed by atoms with E-state index in [1.54, 1.807) is 11.8 Å². The van der Waals surface area contributed by atoms with E-state index < -0.39 is 0 Å². The highest BCUT2D eigenvalue weighted by atomic mass is 32.2. The first-order valence-corrected chi connectivity index (χ1v) is 5.22. The minimum atomic E-state index is 0.626. The van der Waals surface area contributed by atoms with E-state index >= 15 is 0 Å². The van der Waals surface area contributed by atoms with Crippen molar-refractivity contribution in [3.63, 3.8) is 0 Å². The van der Waals surface area contributed by atoms with Crippen LogP contribution in [0.3, 0.4) is 0 Å². The standard InChI is InChI=1S/C8H13N3OS/c1-9-3-4-12-7-5-8(13-2)11-6-10-7/h5-6,9H,3-4H2,1-2H3. The molecule has 0 aromatic carbocycles. The van der Waals surface area contributed by atoms with Gasteiger partial charge in [-0.05, 0) is 13.3 Å². The molecule has 0 saturated carbocycles. The van der Waals surface area contributed by atoms with Crippen LogP contribution in [-0.4, -0.2) is 36.4 Å². The molecule has 0 aliphatic carbocycles. The summed E-state index contributed by atoms with van der Waals surface area (Å²) in [5.74, 6) is 0.634. The van der Waals surface area contributed by atoms with Gasteiger partial charge in [-0.25, -0.2) is 9.97 Å². The van der Waals surface area contributed by atoms with Gasteiger partial charge in [-0.3, -0.25) is 0 Å². The highest BCUT2D eigenvalue weighted by Crippen LogP contribution is 2.14. The lowest BCUT2D eigenvalue weighted by atomic mass is 10.6. The van der Waals surface area contributed by atoms with E-state index in [4.69, 9.17) is 4.74 Å². The van der Waals surface area contributed by atoms with E-state index in [1.807, 2.05) is 19.4 Å². The summed E-state index contributed by atoms with van der Waals surface area (Å²) in [6, 6.07) is 1.83.